The molecule has 0 aliphatic rings. The molecule has 0 fully saturated rings. The molecule has 2 rings (SSSR count). The second-order valence-corrected chi connectivity index (χ2v) is 5.73. The topological polar surface area (TPSA) is 36.7 Å². The standard InChI is InChI=1S/C17H13F3N2S/c1-12-10-15(17(18,19)20)14(11-21)16(22-12)23-9-5-8-13-6-3-2-4-7-13/h2-8,10H,9H2,1H3/b8-5+. The third-order valence-corrected chi connectivity index (χ3v) is 3.89. The Hall–Kier alpha value is -2.26. The van der Waals surface area contributed by atoms with Crippen molar-refractivity contribution in [3.8, 4) is 6.07 Å². The molecule has 0 amide bonds. The van der Waals surface area contributed by atoms with Gasteiger partial charge in [0.2, 0.25) is 0 Å². The van der Waals surface area contributed by atoms with E-state index in [1.807, 2.05) is 42.5 Å². The Labute approximate surface area is 136 Å². The summed E-state index contributed by atoms with van der Waals surface area (Å²) in [5.41, 5.74) is -0.101. The lowest BCUT2D eigenvalue weighted by molar-refractivity contribution is -0.138. The van der Waals surface area contributed by atoms with Gasteiger partial charge < -0.3 is 0 Å². The lowest BCUT2D eigenvalue weighted by Gasteiger charge is -2.12. The molecule has 0 aliphatic carbocycles. The number of nitrogens with zero attached hydrogens (tertiary/aromatic N) is 2. The maximum absolute atomic E-state index is 13.0. The van der Waals surface area contributed by atoms with Crippen molar-refractivity contribution in [2.75, 3.05) is 5.75 Å². The molecule has 6 heteroatoms. The third-order valence-electron chi connectivity index (χ3n) is 2.96. The van der Waals surface area contributed by atoms with E-state index in [0.717, 1.165) is 23.4 Å². The summed E-state index contributed by atoms with van der Waals surface area (Å²) in [5, 5.41) is 9.18. The highest BCUT2D eigenvalue weighted by Crippen LogP contribution is 2.35. The Morgan fingerprint density at radius 2 is 1.96 bits per heavy atom. The number of aryl methyl sites for hydroxylation is 1. The smallest absolute Gasteiger partial charge is 0.245 e. The second-order valence-electron chi connectivity index (χ2n) is 4.72. The molecule has 0 aliphatic heterocycles. The molecule has 0 spiro atoms. The zero-order valence-corrected chi connectivity index (χ0v) is 13.1. The van der Waals surface area contributed by atoms with E-state index in [2.05, 4.69) is 4.98 Å². The number of aromatic nitrogens is 1. The summed E-state index contributed by atoms with van der Waals surface area (Å²) in [5.74, 6) is 0.428. The predicted octanol–water partition coefficient (Wildman–Crippen LogP) is 5.09. The molecular formula is C17H13F3N2S. The minimum absolute atomic E-state index is 0.109. The molecule has 1 heterocycles. The fourth-order valence-corrected chi connectivity index (χ4v) is 2.81. The van der Waals surface area contributed by atoms with Crippen molar-refractivity contribution in [2.24, 2.45) is 0 Å². The summed E-state index contributed by atoms with van der Waals surface area (Å²) in [6, 6.07) is 12.1. The minimum Gasteiger partial charge on any atom is -0.245 e. The maximum Gasteiger partial charge on any atom is 0.417 e. The highest BCUT2D eigenvalue weighted by Gasteiger charge is 2.35. The number of hydrogen-bond acceptors (Lipinski definition) is 3. The zero-order chi connectivity index (χ0) is 16.9. The summed E-state index contributed by atoms with van der Waals surface area (Å²) in [6.07, 6.45) is -0.855. The summed E-state index contributed by atoms with van der Waals surface area (Å²) >= 11 is 1.11. The number of thioether (sulfide) groups is 1. The van der Waals surface area contributed by atoms with Gasteiger partial charge in [0.15, 0.2) is 0 Å². The van der Waals surface area contributed by atoms with Crippen LogP contribution in [0.1, 0.15) is 22.4 Å². The van der Waals surface area contributed by atoms with Crippen LogP contribution in [0, 0.1) is 18.3 Å². The van der Waals surface area contributed by atoms with E-state index in [1.54, 1.807) is 6.07 Å². The Morgan fingerprint density at radius 1 is 1.26 bits per heavy atom. The third kappa shape index (κ3) is 4.60. The molecule has 0 atom stereocenters. The van der Waals surface area contributed by atoms with Gasteiger partial charge in [-0.15, -0.1) is 11.8 Å². The van der Waals surface area contributed by atoms with Crippen LogP contribution in [0.4, 0.5) is 13.2 Å². The second kappa shape index (κ2) is 7.34. The Bertz CT molecular complexity index is 747. The van der Waals surface area contributed by atoms with Crippen LogP contribution in [0.15, 0.2) is 47.5 Å². The van der Waals surface area contributed by atoms with Crippen molar-refractivity contribution in [3.63, 3.8) is 0 Å². The van der Waals surface area contributed by atoms with E-state index in [4.69, 9.17) is 5.26 Å². The molecule has 0 N–H and O–H groups in total. The average Bonchev–Trinajstić information content (AvgIpc) is 2.51. The number of nitriles is 1. The molecule has 2 aromatic rings. The first kappa shape index (κ1) is 17.1. The van der Waals surface area contributed by atoms with Gasteiger partial charge in [0.25, 0.3) is 0 Å². The number of benzene rings is 1. The first-order valence-corrected chi connectivity index (χ1v) is 7.73. The fraction of sp³-hybridized carbons (Fsp3) is 0.176. The number of alkyl halides is 3. The van der Waals surface area contributed by atoms with E-state index in [0.29, 0.717) is 5.75 Å². The lowest BCUT2D eigenvalue weighted by atomic mass is 10.1. The predicted molar refractivity (Wildman–Crippen MR) is 84.9 cm³/mol. The number of rotatable bonds is 4. The average molecular weight is 334 g/mol. The number of halogens is 3. The van der Waals surface area contributed by atoms with Gasteiger partial charge in [-0.3, -0.25) is 0 Å². The lowest BCUT2D eigenvalue weighted by Crippen LogP contribution is -2.10. The van der Waals surface area contributed by atoms with E-state index < -0.39 is 17.3 Å². The maximum atomic E-state index is 13.0. The van der Waals surface area contributed by atoms with E-state index in [-0.39, 0.29) is 10.7 Å². The van der Waals surface area contributed by atoms with Gasteiger partial charge in [-0.25, -0.2) is 4.98 Å². The van der Waals surface area contributed by atoms with Crippen molar-refractivity contribution in [3.05, 3.63) is 64.9 Å². The van der Waals surface area contributed by atoms with Gasteiger partial charge in [-0.2, -0.15) is 18.4 Å². The number of pyridine rings is 1. The van der Waals surface area contributed by atoms with Gasteiger partial charge in [0.1, 0.15) is 11.1 Å². The highest BCUT2D eigenvalue weighted by atomic mass is 32.2. The molecule has 23 heavy (non-hydrogen) atoms. The molecule has 1 aromatic heterocycles. The molecule has 0 radical (unpaired) electrons. The van der Waals surface area contributed by atoms with E-state index in [9.17, 15) is 13.2 Å². The van der Waals surface area contributed by atoms with Gasteiger partial charge in [-0.1, -0.05) is 42.5 Å². The van der Waals surface area contributed by atoms with Crippen LogP contribution >= 0.6 is 11.8 Å². The minimum atomic E-state index is -4.56. The van der Waals surface area contributed by atoms with E-state index >= 15 is 0 Å². The molecule has 0 unspecified atom stereocenters. The van der Waals surface area contributed by atoms with E-state index in [1.165, 1.54) is 6.92 Å². The Morgan fingerprint density at radius 3 is 2.57 bits per heavy atom. The van der Waals surface area contributed by atoms with Crippen LogP contribution in [0.2, 0.25) is 0 Å². The Kier molecular flexibility index (Phi) is 5.45. The van der Waals surface area contributed by atoms with Crippen LogP contribution in [0.3, 0.4) is 0 Å². The van der Waals surface area contributed by atoms with Crippen LogP contribution < -0.4 is 0 Å². The van der Waals surface area contributed by atoms with Crippen LogP contribution in [-0.2, 0) is 6.18 Å². The molecular weight excluding hydrogens is 321 g/mol. The van der Waals surface area contributed by atoms with Gasteiger partial charge >= 0.3 is 6.18 Å². The summed E-state index contributed by atoms with van der Waals surface area (Å²) in [4.78, 5) is 4.07. The first-order valence-electron chi connectivity index (χ1n) is 6.75. The van der Waals surface area contributed by atoms with Crippen LogP contribution in [0.25, 0.3) is 6.08 Å². The molecule has 0 saturated heterocycles. The van der Waals surface area contributed by atoms with Crippen molar-refractivity contribution >= 4 is 17.8 Å². The normalized spacial score (nSPS) is 11.6. The van der Waals surface area contributed by atoms with Crippen molar-refractivity contribution in [2.45, 2.75) is 18.1 Å². The SMILES string of the molecule is Cc1cc(C(F)(F)F)c(C#N)c(SC/C=C/c2ccccc2)n1. The quantitative estimate of drug-likeness (QED) is 0.731. The fourth-order valence-electron chi connectivity index (χ4n) is 1.96. The van der Waals surface area contributed by atoms with Gasteiger partial charge in [0.05, 0.1) is 11.1 Å². The molecule has 2 nitrogen and oxygen atoms in total. The highest BCUT2D eigenvalue weighted by molar-refractivity contribution is 7.99. The monoisotopic (exact) mass is 334 g/mol. The summed E-state index contributed by atoms with van der Waals surface area (Å²) < 4.78 is 39.0. The first-order chi connectivity index (χ1) is 10.9. The molecule has 0 bridgehead atoms. The summed E-state index contributed by atoms with van der Waals surface area (Å²) in [7, 11) is 0. The Balaban J connectivity index is 2.19. The summed E-state index contributed by atoms with van der Waals surface area (Å²) in [6.45, 7) is 1.49. The van der Waals surface area contributed by atoms with Crippen LogP contribution in [-0.4, -0.2) is 10.7 Å². The molecule has 118 valence electrons. The number of hydrogen-bond donors (Lipinski definition) is 0. The van der Waals surface area contributed by atoms with Crippen molar-refractivity contribution in [1.82, 2.24) is 4.98 Å². The molecule has 0 saturated carbocycles. The van der Waals surface area contributed by atoms with Crippen LogP contribution in [0.5, 0.6) is 0 Å². The molecule has 1 aromatic carbocycles. The largest absolute Gasteiger partial charge is 0.417 e. The van der Waals surface area contributed by atoms with Crippen molar-refractivity contribution in [1.29, 1.82) is 5.26 Å². The zero-order valence-electron chi connectivity index (χ0n) is 12.3. The van der Waals surface area contributed by atoms with Gasteiger partial charge in [0, 0.05) is 11.4 Å². The van der Waals surface area contributed by atoms with Crippen molar-refractivity contribution < 1.29 is 13.2 Å². The van der Waals surface area contributed by atoms with Gasteiger partial charge in [-0.05, 0) is 18.6 Å².